The van der Waals surface area contributed by atoms with Crippen molar-refractivity contribution in [2.24, 2.45) is 0 Å². The zero-order chi connectivity index (χ0) is 8.27. The summed E-state index contributed by atoms with van der Waals surface area (Å²) in [5.74, 6) is 0.499. The third kappa shape index (κ3) is 1.93. The van der Waals surface area contributed by atoms with Gasteiger partial charge in [0, 0.05) is 6.92 Å². The first-order chi connectivity index (χ1) is 5.20. The summed E-state index contributed by atoms with van der Waals surface area (Å²) in [6.07, 6.45) is 2.85. The Bertz CT molecular complexity index is 274. The highest BCUT2D eigenvalue weighted by molar-refractivity contribution is 5.43. The topological polar surface area (TPSA) is 56.3 Å². The van der Waals surface area contributed by atoms with Crippen LogP contribution in [0, 0.1) is 10.1 Å². The fourth-order valence-corrected chi connectivity index (χ4v) is 0.632. The average Bonchev–Trinajstić information content (AvgIpc) is 2.39. The number of nitro groups is 1. The van der Waals surface area contributed by atoms with Crippen LogP contribution in [0.15, 0.2) is 28.5 Å². The molecule has 4 nitrogen and oxygen atoms in total. The van der Waals surface area contributed by atoms with Crippen molar-refractivity contribution in [1.82, 2.24) is 0 Å². The molecule has 0 aliphatic rings. The number of hydrogen-bond donors (Lipinski definition) is 0. The molecule has 0 amide bonds. The monoisotopic (exact) mass is 153 g/mol. The summed E-state index contributed by atoms with van der Waals surface area (Å²) >= 11 is 0. The number of nitrogens with zero attached hydrogens (tertiary/aromatic N) is 1. The zero-order valence-electron chi connectivity index (χ0n) is 5.98. The molecule has 0 bridgehead atoms. The second kappa shape index (κ2) is 3.01. The van der Waals surface area contributed by atoms with E-state index in [1.54, 1.807) is 12.1 Å². The first kappa shape index (κ1) is 7.53. The number of hydrogen-bond acceptors (Lipinski definition) is 3. The molecule has 0 aromatic carbocycles. The van der Waals surface area contributed by atoms with Gasteiger partial charge < -0.3 is 4.42 Å². The molecule has 0 fully saturated rings. The van der Waals surface area contributed by atoms with Crippen molar-refractivity contribution in [2.75, 3.05) is 0 Å². The van der Waals surface area contributed by atoms with Crippen molar-refractivity contribution >= 4 is 6.08 Å². The van der Waals surface area contributed by atoms with Gasteiger partial charge in [-0.15, -0.1) is 0 Å². The zero-order valence-corrected chi connectivity index (χ0v) is 5.98. The molecule has 58 valence electrons. The maximum atomic E-state index is 10.1. The predicted molar refractivity (Wildman–Crippen MR) is 39.4 cm³/mol. The van der Waals surface area contributed by atoms with Crippen LogP contribution in [0.25, 0.3) is 6.08 Å². The van der Waals surface area contributed by atoms with Crippen LogP contribution < -0.4 is 0 Å². The quantitative estimate of drug-likeness (QED) is 0.481. The lowest BCUT2D eigenvalue weighted by Crippen LogP contribution is -1.92. The summed E-state index contributed by atoms with van der Waals surface area (Å²) < 4.78 is 4.87. The molecule has 11 heavy (non-hydrogen) atoms. The molecule has 0 saturated heterocycles. The highest BCUT2D eigenvalue weighted by Crippen LogP contribution is 2.06. The normalized spacial score (nSPS) is 11.5. The fraction of sp³-hybridized carbons (Fsp3) is 0.143. The van der Waals surface area contributed by atoms with Crippen LogP contribution in [0.5, 0.6) is 0 Å². The van der Waals surface area contributed by atoms with Crippen LogP contribution in [0.1, 0.15) is 12.7 Å². The van der Waals surface area contributed by atoms with Gasteiger partial charge in [0.05, 0.1) is 17.3 Å². The smallest absolute Gasteiger partial charge is 0.246 e. The molecule has 1 aromatic heterocycles. The molecule has 4 heteroatoms. The van der Waals surface area contributed by atoms with E-state index in [1.807, 2.05) is 0 Å². The second-order valence-electron chi connectivity index (χ2n) is 2.06. The number of allylic oxidation sites excluding steroid dienone is 1. The summed E-state index contributed by atoms with van der Waals surface area (Å²) in [5, 5.41) is 10.1. The van der Waals surface area contributed by atoms with Crippen LogP contribution >= 0.6 is 0 Å². The molecule has 1 rings (SSSR count). The summed E-state index contributed by atoms with van der Waals surface area (Å²) in [6, 6.07) is 3.34. The minimum atomic E-state index is -0.456. The van der Waals surface area contributed by atoms with Gasteiger partial charge >= 0.3 is 0 Å². The third-order valence-corrected chi connectivity index (χ3v) is 1.18. The van der Waals surface area contributed by atoms with Crippen LogP contribution in [-0.2, 0) is 0 Å². The Morgan fingerprint density at radius 1 is 1.82 bits per heavy atom. The Labute approximate surface area is 63.3 Å². The Morgan fingerprint density at radius 3 is 3.00 bits per heavy atom. The minimum absolute atomic E-state index is 0.0694. The van der Waals surface area contributed by atoms with Crippen molar-refractivity contribution in [1.29, 1.82) is 0 Å². The van der Waals surface area contributed by atoms with Crippen molar-refractivity contribution in [3.05, 3.63) is 40.0 Å². The van der Waals surface area contributed by atoms with Crippen molar-refractivity contribution < 1.29 is 9.34 Å². The maximum absolute atomic E-state index is 10.1. The van der Waals surface area contributed by atoms with E-state index >= 15 is 0 Å². The van der Waals surface area contributed by atoms with Crippen LogP contribution in [0.3, 0.4) is 0 Å². The highest BCUT2D eigenvalue weighted by Gasteiger charge is 2.02. The van der Waals surface area contributed by atoms with Crippen LogP contribution in [-0.4, -0.2) is 4.92 Å². The third-order valence-electron chi connectivity index (χ3n) is 1.18. The van der Waals surface area contributed by atoms with Crippen molar-refractivity contribution in [3.63, 3.8) is 0 Å². The number of rotatable bonds is 2. The maximum Gasteiger partial charge on any atom is 0.246 e. The molecule has 0 aliphatic carbocycles. The molecule has 0 radical (unpaired) electrons. The molecule has 0 atom stereocenters. The molecular weight excluding hydrogens is 146 g/mol. The van der Waals surface area contributed by atoms with Gasteiger partial charge in [0.1, 0.15) is 5.76 Å². The van der Waals surface area contributed by atoms with Gasteiger partial charge in [0.2, 0.25) is 5.70 Å². The number of furan rings is 1. The Balaban J connectivity index is 2.82. The lowest BCUT2D eigenvalue weighted by atomic mass is 10.4. The second-order valence-corrected chi connectivity index (χ2v) is 2.06. The predicted octanol–water partition coefficient (Wildman–Crippen LogP) is 1.92. The molecule has 0 saturated carbocycles. The van der Waals surface area contributed by atoms with Gasteiger partial charge in [0.15, 0.2) is 0 Å². The van der Waals surface area contributed by atoms with E-state index in [0.29, 0.717) is 5.76 Å². The van der Waals surface area contributed by atoms with E-state index in [0.717, 1.165) is 0 Å². The van der Waals surface area contributed by atoms with Crippen molar-refractivity contribution in [3.8, 4) is 0 Å². The summed E-state index contributed by atoms with van der Waals surface area (Å²) in [7, 11) is 0. The fourth-order valence-electron chi connectivity index (χ4n) is 0.632. The molecule has 0 N–H and O–H groups in total. The summed E-state index contributed by atoms with van der Waals surface area (Å²) in [4.78, 5) is 9.67. The van der Waals surface area contributed by atoms with Gasteiger partial charge in [-0.1, -0.05) is 0 Å². The minimum Gasteiger partial charge on any atom is -0.465 e. The van der Waals surface area contributed by atoms with E-state index in [9.17, 15) is 10.1 Å². The van der Waals surface area contributed by atoms with E-state index in [2.05, 4.69) is 0 Å². The average molecular weight is 153 g/mol. The first-order valence-electron chi connectivity index (χ1n) is 3.06. The standard InChI is InChI=1S/C7H7NO3/c1-6(8(9)10)5-7-3-2-4-11-7/h2-5H,1H3. The van der Waals surface area contributed by atoms with E-state index in [1.165, 1.54) is 19.3 Å². The van der Waals surface area contributed by atoms with Gasteiger partial charge in [-0.25, -0.2) is 0 Å². The molecule has 1 heterocycles. The van der Waals surface area contributed by atoms with Gasteiger partial charge in [-0.3, -0.25) is 10.1 Å². The van der Waals surface area contributed by atoms with E-state index < -0.39 is 4.92 Å². The van der Waals surface area contributed by atoms with Crippen LogP contribution in [0.4, 0.5) is 0 Å². The lowest BCUT2D eigenvalue weighted by Gasteiger charge is -1.86. The molecular formula is C7H7NO3. The summed E-state index contributed by atoms with van der Waals surface area (Å²) in [6.45, 7) is 1.42. The van der Waals surface area contributed by atoms with Crippen molar-refractivity contribution in [2.45, 2.75) is 6.92 Å². The Morgan fingerprint density at radius 2 is 2.55 bits per heavy atom. The van der Waals surface area contributed by atoms with E-state index in [4.69, 9.17) is 4.42 Å². The highest BCUT2D eigenvalue weighted by atomic mass is 16.6. The molecule has 0 aliphatic heterocycles. The molecule has 1 aromatic rings. The summed E-state index contributed by atoms with van der Waals surface area (Å²) in [5.41, 5.74) is 0.0694. The largest absolute Gasteiger partial charge is 0.465 e. The molecule has 0 unspecified atom stereocenters. The first-order valence-corrected chi connectivity index (χ1v) is 3.06. The van der Waals surface area contributed by atoms with E-state index in [-0.39, 0.29) is 5.70 Å². The van der Waals surface area contributed by atoms with Gasteiger partial charge in [-0.05, 0) is 12.1 Å². The SMILES string of the molecule is CC(=Cc1ccco1)[N+](=O)[O-]. The Kier molecular flexibility index (Phi) is 2.06. The lowest BCUT2D eigenvalue weighted by molar-refractivity contribution is -0.422. The Hall–Kier alpha value is -1.58. The van der Waals surface area contributed by atoms with Gasteiger partial charge in [-0.2, -0.15) is 0 Å². The van der Waals surface area contributed by atoms with Gasteiger partial charge in [0.25, 0.3) is 0 Å². The van der Waals surface area contributed by atoms with Crippen LogP contribution in [0.2, 0.25) is 0 Å². The molecule has 0 spiro atoms.